The number of hydrogen-bond donors (Lipinski definition) is 1. The van der Waals surface area contributed by atoms with Crippen LogP contribution in [0.3, 0.4) is 0 Å². The van der Waals surface area contributed by atoms with E-state index in [0.717, 1.165) is 68.1 Å². The van der Waals surface area contributed by atoms with Gasteiger partial charge in [0.2, 0.25) is 10.0 Å². The van der Waals surface area contributed by atoms with Gasteiger partial charge in [-0.05, 0) is 117 Å². The quantitative estimate of drug-likeness (QED) is 0.384. The van der Waals surface area contributed by atoms with Gasteiger partial charge in [0.05, 0.1) is 17.5 Å². The van der Waals surface area contributed by atoms with Crippen LogP contribution in [0.2, 0.25) is 5.02 Å². The lowest BCUT2D eigenvalue weighted by Crippen LogP contribution is -2.48. The fourth-order valence-corrected chi connectivity index (χ4v) is 9.21. The molecule has 1 N–H and O–H groups in total. The molecular weight excluding hydrogens is 596 g/mol. The van der Waals surface area contributed by atoms with Crippen LogP contribution >= 0.6 is 11.6 Å². The van der Waals surface area contributed by atoms with Gasteiger partial charge in [0.15, 0.2) is 0 Å². The predicted octanol–water partition coefficient (Wildman–Crippen LogP) is 6.54. The van der Waals surface area contributed by atoms with Crippen LogP contribution in [0.1, 0.15) is 73.9 Å². The number of methoxy groups -OCH3 is 1. The highest BCUT2D eigenvalue weighted by molar-refractivity contribution is 7.90. The van der Waals surface area contributed by atoms with Crippen LogP contribution < -0.4 is 14.4 Å². The first-order chi connectivity index (χ1) is 21.1. The van der Waals surface area contributed by atoms with Gasteiger partial charge in [-0.2, -0.15) is 0 Å². The molecule has 2 aromatic rings. The number of carbonyl (C=O) groups excluding carboxylic acids is 1. The number of nitrogens with zero attached hydrogens (tertiary/aromatic N) is 1. The van der Waals surface area contributed by atoms with Gasteiger partial charge in [0.1, 0.15) is 5.75 Å². The van der Waals surface area contributed by atoms with Gasteiger partial charge in [-0.3, -0.25) is 4.79 Å². The van der Waals surface area contributed by atoms with Crippen LogP contribution in [0, 0.1) is 23.7 Å². The number of nitrogens with one attached hydrogen (secondary N) is 1. The van der Waals surface area contributed by atoms with Gasteiger partial charge in [-0.15, -0.1) is 0 Å². The topological polar surface area (TPSA) is 84.9 Å². The van der Waals surface area contributed by atoms with Crippen molar-refractivity contribution in [1.29, 1.82) is 0 Å². The molecule has 7 nitrogen and oxygen atoms in total. The van der Waals surface area contributed by atoms with Gasteiger partial charge in [-0.1, -0.05) is 36.7 Å². The molecule has 0 aromatic heterocycles. The molecule has 44 heavy (non-hydrogen) atoms. The zero-order valence-electron chi connectivity index (χ0n) is 26.1. The molecule has 2 aromatic carbocycles. The van der Waals surface area contributed by atoms with E-state index in [1.165, 1.54) is 11.1 Å². The number of fused-ring (bicyclic) bond motifs is 4. The van der Waals surface area contributed by atoms with Crippen molar-refractivity contribution in [2.24, 2.45) is 23.7 Å². The molecule has 1 spiro atoms. The van der Waals surface area contributed by atoms with Crippen LogP contribution in [0.25, 0.3) is 0 Å². The summed E-state index contributed by atoms with van der Waals surface area (Å²) < 4.78 is 41.2. The van der Waals surface area contributed by atoms with Gasteiger partial charge >= 0.3 is 0 Å². The molecule has 0 radical (unpaired) electrons. The molecule has 2 bridgehead atoms. The molecule has 1 fully saturated rings. The summed E-state index contributed by atoms with van der Waals surface area (Å²) in [6.07, 6.45) is 11.6. The zero-order chi connectivity index (χ0) is 31.1. The van der Waals surface area contributed by atoms with Crippen LogP contribution in [0.15, 0.2) is 48.6 Å². The van der Waals surface area contributed by atoms with E-state index < -0.39 is 21.2 Å². The maximum atomic E-state index is 13.5. The largest absolute Gasteiger partial charge is 0.490 e. The third kappa shape index (κ3) is 6.27. The molecule has 2 aliphatic carbocycles. The normalized spacial score (nSPS) is 32.3. The second-order valence-corrected chi connectivity index (χ2v) is 16.1. The minimum Gasteiger partial charge on any atom is -0.490 e. The molecule has 4 aliphatic rings. The summed E-state index contributed by atoms with van der Waals surface area (Å²) in [6.45, 7) is 6.42. The standard InChI is InChI=1S/C35H45ClN2O5S/c1-23-17-25(14-16-42-3)6-7-26-8-9-29(26)20-38-21-35(15-4-5-27-18-30(36)11-12-31(27)35)22-43-33-13-10-28(19-32(33)38)34(39)37-44(40,41)24(23)2/h6-7,10-13,18-19,23-26,29H,4-5,8-9,14-17,20-22H2,1-3H3,(H,37,39)/b7-6+/t23-,24+,25-,26+,29-,35-/m0/s1. The number of benzene rings is 2. The monoisotopic (exact) mass is 640 g/mol. The van der Waals surface area contributed by atoms with E-state index in [2.05, 4.69) is 33.9 Å². The SMILES string of the molecule is COCC[C@@H]1/C=C/[C@@H]2CC[C@H]2CN2C[C@@]3(CCCc4cc(Cl)ccc43)COc3ccc(cc32)C(=O)NS(=O)(=O)[C@H](C)[C@@H](C)C1. The van der Waals surface area contributed by atoms with Crippen LogP contribution in [-0.2, 0) is 26.6 Å². The Labute approximate surface area is 267 Å². The number of allylic oxidation sites excluding steroid dienone is 2. The maximum absolute atomic E-state index is 13.5. The molecule has 6 rings (SSSR count). The summed E-state index contributed by atoms with van der Waals surface area (Å²) in [7, 11) is -2.20. The second kappa shape index (κ2) is 12.7. The van der Waals surface area contributed by atoms with E-state index in [4.69, 9.17) is 21.1 Å². The number of sulfonamides is 1. The van der Waals surface area contributed by atoms with Crippen molar-refractivity contribution in [2.75, 3.05) is 38.3 Å². The molecular formula is C35H45ClN2O5S. The van der Waals surface area contributed by atoms with Crippen LogP contribution in [-0.4, -0.2) is 53.0 Å². The molecule has 9 heteroatoms. The Balaban J connectivity index is 1.40. The first-order valence-electron chi connectivity index (χ1n) is 16.1. The summed E-state index contributed by atoms with van der Waals surface area (Å²) in [5.74, 6) is 1.12. The van der Waals surface area contributed by atoms with Gasteiger partial charge < -0.3 is 14.4 Å². The molecule has 1 amide bonds. The Bertz CT molecular complexity index is 1530. The van der Waals surface area contributed by atoms with E-state index >= 15 is 0 Å². The number of ether oxygens (including phenoxy) is 2. The third-order valence-electron chi connectivity index (χ3n) is 10.8. The summed E-state index contributed by atoms with van der Waals surface area (Å²) in [4.78, 5) is 15.9. The number of anilines is 1. The van der Waals surface area contributed by atoms with Gasteiger partial charge in [0, 0.05) is 42.8 Å². The van der Waals surface area contributed by atoms with E-state index in [0.29, 0.717) is 37.0 Å². The Hall–Kier alpha value is -2.55. The summed E-state index contributed by atoms with van der Waals surface area (Å²) in [6, 6.07) is 11.6. The smallest absolute Gasteiger partial charge is 0.264 e. The predicted molar refractivity (Wildman–Crippen MR) is 175 cm³/mol. The fourth-order valence-electron chi connectivity index (χ4n) is 7.73. The van der Waals surface area contributed by atoms with Crippen molar-refractivity contribution in [1.82, 2.24) is 4.72 Å². The summed E-state index contributed by atoms with van der Waals surface area (Å²) in [5.41, 5.74) is 3.55. The van der Waals surface area contributed by atoms with Crippen molar-refractivity contribution in [3.63, 3.8) is 0 Å². The first-order valence-corrected chi connectivity index (χ1v) is 18.0. The van der Waals surface area contributed by atoms with E-state index in [1.807, 2.05) is 25.1 Å². The summed E-state index contributed by atoms with van der Waals surface area (Å²) in [5, 5.41) is 0.0282. The Morgan fingerprint density at radius 1 is 1.14 bits per heavy atom. The van der Waals surface area contributed by atoms with E-state index in [9.17, 15) is 13.2 Å². The molecule has 2 heterocycles. The highest BCUT2D eigenvalue weighted by Crippen LogP contribution is 2.46. The molecule has 2 aliphatic heterocycles. The number of hydrogen-bond acceptors (Lipinski definition) is 6. The van der Waals surface area contributed by atoms with Crippen molar-refractivity contribution >= 4 is 33.2 Å². The Kier molecular flexibility index (Phi) is 9.06. The minimum absolute atomic E-state index is 0.141. The highest BCUT2D eigenvalue weighted by atomic mass is 35.5. The van der Waals surface area contributed by atoms with Crippen molar-refractivity contribution in [3.8, 4) is 5.75 Å². The average molecular weight is 641 g/mol. The van der Waals surface area contributed by atoms with Crippen molar-refractivity contribution < 1.29 is 22.7 Å². The lowest BCUT2D eigenvalue weighted by molar-refractivity contribution is 0.0980. The molecule has 6 atom stereocenters. The lowest BCUT2D eigenvalue weighted by atomic mass is 9.69. The Morgan fingerprint density at radius 2 is 1.98 bits per heavy atom. The zero-order valence-corrected chi connectivity index (χ0v) is 27.6. The minimum atomic E-state index is -3.90. The van der Waals surface area contributed by atoms with Crippen molar-refractivity contribution in [2.45, 2.75) is 69.5 Å². The van der Waals surface area contributed by atoms with Gasteiger partial charge in [0.25, 0.3) is 5.91 Å². The van der Waals surface area contributed by atoms with Crippen LogP contribution in [0.5, 0.6) is 5.75 Å². The van der Waals surface area contributed by atoms with E-state index in [1.54, 1.807) is 20.1 Å². The number of rotatable bonds is 3. The van der Waals surface area contributed by atoms with Gasteiger partial charge in [-0.25, -0.2) is 13.1 Å². The average Bonchev–Trinajstić information content (AvgIpc) is 3.13. The summed E-state index contributed by atoms with van der Waals surface area (Å²) >= 11 is 6.42. The molecule has 0 unspecified atom stereocenters. The number of aryl methyl sites for hydroxylation is 1. The molecule has 1 saturated carbocycles. The number of carbonyl (C=O) groups is 1. The number of amides is 1. The maximum Gasteiger partial charge on any atom is 0.264 e. The second-order valence-electron chi connectivity index (χ2n) is 13.6. The number of halogens is 1. The fraction of sp³-hybridized carbons (Fsp3) is 0.571. The Morgan fingerprint density at radius 3 is 2.75 bits per heavy atom. The highest BCUT2D eigenvalue weighted by Gasteiger charge is 2.43. The first kappa shape index (κ1) is 31.4. The van der Waals surface area contributed by atoms with Crippen molar-refractivity contribution in [3.05, 3.63) is 70.3 Å². The van der Waals surface area contributed by atoms with Crippen LogP contribution in [0.4, 0.5) is 5.69 Å². The third-order valence-corrected chi connectivity index (χ3v) is 12.9. The van der Waals surface area contributed by atoms with E-state index in [-0.39, 0.29) is 17.3 Å². The molecule has 0 saturated heterocycles. The lowest BCUT2D eigenvalue weighted by Gasteiger charge is -2.44. The molecule has 238 valence electrons.